The maximum Gasteiger partial charge on any atom is 0.321 e. The number of aliphatic hydroxyl groups excluding tert-OH is 1. The summed E-state index contributed by atoms with van der Waals surface area (Å²) in [5, 5.41) is 20.5. The normalized spacial score (nSPS) is 17.1. The molecule has 0 spiro atoms. The van der Waals surface area contributed by atoms with Crippen LogP contribution in [-0.4, -0.2) is 52.9 Å². The number of likely N-dealkylation sites (N-methyl/N-ethyl adjacent to an activating group) is 1. The number of carbonyl (C=O) groups is 1. The molecule has 90 valence electrons. The Kier molecular flexibility index (Phi) is 8.26. The van der Waals surface area contributed by atoms with E-state index in [2.05, 4.69) is 5.32 Å². The van der Waals surface area contributed by atoms with Gasteiger partial charge in [0.15, 0.2) is 0 Å². The van der Waals surface area contributed by atoms with Crippen molar-refractivity contribution in [3.63, 3.8) is 0 Å². The lowest BCUT2D eigenvalue weighted by Gasteiger charge is -2.14. The van der Waals surface area contributed by atoms with Crippen molar-refractivity contribution in [3.05, 3.63) is 0 Å². The molecule has 0 aliphatic carbocycles. The highest BCUT2D eigenvalue weighted by Crippen LogP contribution is 2.23. The van der Waals surface area contributed by atoms with E-state index in [1.54, 1.807) is 14.0 Å². The van der Waals surface area contributed by atoms with E-state index in [9.17, 15) is 4.79 Å². The molecule has 0 radical (unpaired) electrons. The number of carboxylic acids is 1. The molecule has 0 fully saturated rings. The summed E-state index contributed by atoms with van der Waals surface area (Å²) in [6.07, 6.45) is -0.530. The molecule has 5 N–H and O–H groups in total. The lowest BCUT2D eigenvalue weighted by molar-refractivity contribution is -0.138. The Labute approximate surface area is 97.6 Å². The molecule has 0 bridgehead atoms. The third kappa shape index (κ3) is 7.02. The van der Waals surface area contributed by atoms with Crippen LogP contribution in [0.2, 0.25) is 0 Å². The summed E-state index contributed by atoms with van der Waals surface area (Å²) in [6.45, 7) is 1.64. The van der Waals surface area contributed by atoms with Crippen LogP contribution in [0.25, 0.3) is 0 Å². The number of carboxylic acid groups (broad SMARTS) is 1. The highest BCUT2D eigenvalue weighted by molar-refractivity contribution is 8.76. The summed E-state index contributed by atoms with van der Waals surface area (Å²) in [6, 6.07) is -0.800. The van der Waals surface area contributed by atoms with Crippen LogP contribution in [0, 0.1) is 0 Å². The second kappa shape index (κ2) is 8.23. The number of aliphatic hydroxyl groups is 1. The smallest absolute Gasteiger partial charge is 0.321 e. The number of aliphatic carboxylic acids is 1. The van der Waals surface area contributed by atoms with Crippen molar-refractivity contribution in [1.29, 1.82) is 0 Å². The lowest BCUT2D eigenvalue weighted by atomic mass is 10.2. The van der Waals surface area contributed by atoms with Crippen LogP contribution >= 0.6 is 21.6 Å². The molecule has 15 heavy (non-hydrogen) atoms. The molecule has 0 heterocycles. The highest BCUT2D eigenvalue weighted by atomic mass is 33.1. The topological polar surface area (TPSA) is 95.6 Å². The van der Waals surface area contributed by atoms with Crippen molar-refractivity contribution < 1.29 is 15.0 Å². The number of hydrogen-bond acceptors (Lipinski definition) is 6. The third-order valence-corrected chi connectivity index (χ3v) is 4.32. The molecule has 0 saturated carbocycles. The first-order valence-corrected chi connectivity index (χ1v) is 7.06. The second-order valence-corrected chi connectivity index (χ2v) is 5.71. The van der Waals surface area contributed by atoms with Gasteiger partial charge in [0.2, 0.25) is 0 Å². The Morgan fingerprint density at radius 2 is 2.00 bits per heavy atom. The molecule has 0 rings (SSSR count). The van der Waals surface area contributed by atoms with Crippen molar-refractivity contribution in [1.82, 2.24) is 5.32 Å². The first kappa shape index (κ1) is 15.0. The van der Waals surface area contributed by atoms with E-state index in [0.717, 1.165) is 0 Å². The summed E-state index contributed by atoms with van der Waals surface area (Å²) >= 11 is 0. The summed E-state index contributed by atoms with van der Waals surface area (Å²) < 4.78 is 0. The number of rotatable bonds is 8. The van der Waals surface area contributed by atoms with E-state index in [-0.39, 0.29) is 6.04 Å². The Bertz CT molecular complexity index is 193. The van der Waals surface area contributed by atoms with Crippen LogP contribution in [0.4, 0.5) is 0 Å². The standard InChI is InChI=1S/C8H18N2O3S2/c1-5(11)6(9)3-14-15-4-7(10-2)8(12)13/h5-7,10-11H,3-4,9H2,1-2H3,(H,12,13). The first-order chi connectivity index (χ1) is 6.99. The monoisotopic (exact) mass is 254 g/mol. The fraction of sp³-hybridized carbons (Fsp3) is 0.875. The molecule has 0 aliphatic rings. The SMILES string of the molecule is CNC(CSSCC(N)C(C)O)C(=O)O. The van der Waals surface area contributed by atoms with E-state index >= 15 is 0 Å². The number of hydrogen-bond donors (Lipinski definition) is 4. The predicted molar refractivity (Wildman–Crippen MR) is 65.1 cm³/mol. The Morgan fingerprint density at radius 1 is 1.47 bits per heavy atom. The summed E-state index contributed by atoms with van der Waals surface area (Å²) in [7, 11) is 4.54. The highest BCUT2D eigenvalue weighted by Gasteiger charge is 2.15. The quantitative estimate of drug-likeness (QED) is 0.350. The van der Waals surface area contributed by atoms with Gasteiger partial charge >= 0.3 is 5.97 Å². The first-order valence-electron chi connectivity index (χ1n) is 4.57. The van der Waals surface area contributed by atoms with Crippen LogP contribution in [0.3, 0.4) is 0 Å². The average Bonchev–Trinajstić information content (AvgIpc) is 2.16. The van der Waals surface area contributed by atoms with Gasteiger partial charge in [-0.1, -0.05) is 21.6 Å². The molecule has 0 saturated heterocycles. The van der Waals surface area contributed by atoms with Crippen molar-refractivity contribution >= 4 is 27.6 Å². The average molecular weight is 254 g/mol. The van der Waals surface area contributed by atoms with Crippen LogP contribution in [0.1, 0.15) is 6.92 Å². The van der Waals surface area contributed by atoms with Gasteiger partial charge in [-0.2, -0.15) is 0 Å². The van der Waals surface area contributed by atoms with E-state index in [1.165, 1.54) is 21.6 Å². The maximum absolute atomic E-state index is 10.6. The maximum atomic E-state index is 10.6. The van der Waals surface area contributed by atoms with Crippen LogP contribution in [0.15, 0.2) is 0 Å². The third-order valence-electron chi connectivity index (χ3n) is 1.84. The minimum absolute atomic E-state index is 0.264. The molecular weight excluding hydrogens is 236 g/mol. The molecule has 0 aromatic carbocycles. The van der Waals surface area contributed by atoms with Gasteiger partial charge in [0.1, 0.15) is 6.04 Å². The summed E-state index contributed by atoms with van der Waals surface area (Å²) in [4.78, 5) is 10.6. The molecule has 7 heteroatoms. The van der Waals surface area contributed by atoms with Gasteiger partial charge in [0.05, 0.1) is 6.10 Å². The Balaban J connectivity index is 3.57. The van der Waals surface area contributed by atoms with Crippen molar-refractivity contribution in [2.24, 2.45) is 5.73 Å². The summed E-state index contributed by atoms with van der Waals surface area (Å²) in [5.74, 6) is 0.229. The van der Waals surface area contributed by atoms with Gasteiger partial charge in [-0.3, -0.25) is 4.79 Å². The summed E-state index contributed by atoms with van der Waals surface area (Å²) in [5.41, 5.74) is 5.61. The molecule has 0 aliphatic heterocycles. The zero-order valence-corrected chi connectivity index (χ0v) is 10.5. The molecule has 0 amide bonds. The van der Waals surface area contributed by atoms with Crippen molar-refractivity contribution in [2.45, 2.75) is 25.1 Å². The molecule has 0 aromatic heterocycles. The minimum Gasteiger partial charge on any atom is -0.480 e. The molecule has 0 aromatic rings. The largest absolute Gasteiger partial charge is 0.480 e. The number of nitrogens with one attached hydrogen (secondary N) is 1. The Hall–Kier alpha value is 0.0500. The fourth-order valence-corrected chi connectivity index (χ4v) is 3.19. The van der Waals surface area contributed by atoms with E-state index in [1.807, 2.05) is 0 Å². The lowest BCUT2D eigenvalue weighted by Crippen LogP contribution is -2.36. The van der Waals surface area contributed by atoms with E-state index < -0.39 is 18.1 Å². The van der Waals surface area contributed by atoms with Gasteiger partial charge in [0, 0.05) is 17.5 Å². The fourth-order valence-electron chi connectivity index (χ4n) is 0.660. The van der Waals surface area contributed by atoms with Crippen LogP contribution in [0.5, 0.6) is 0 Å². The molecule has 3 unspecified atom stereocenters. The van der Waals surface area contributed by atoms with Crippen LogP contribution < -0.4 is 11.1 Å². The van der Waals surface area contributed by atoms with Gasteiger partial charge in [0.25, 0.3) is 0 Å². The van der Waals surface area contributed by atoms with Gasteiger partial charge < -0.3 is 21.3 Å². The zero-order valence-electron chi connectivity index (χ0n) is 8.84. The van der Waals surface area contributed by atoms with Gasteiger partial charge in [-0.25, -0.2) is 0 Å². The predicted octanol–water partition coefficient (Wildman–Crippen LogP) is -0.252. The number of nitrogens with two attached hydrogens (primary N) is 1. The van der Waals surface area contributed by atoms with E-state index in [0.29, 0.717) is 11.5 Å². The van der Waals surface area contributed by atoms with Crippen molar-refractivity contribution in [3.8, 4) is 0 Å². The second-order valence-electron chi connectivity index (χ2n) is 3.15. The van der Waals surface area contributed by atoms with Crippen molar-refractivity contribution in [2.75, 3.05) is 18.6 Å². The van der Waals surface area contributed by atoms with Crippen LogP contribution in [-0.2, 0) is 4.79 Å². The Morgan fingerprint density at radius 3 is 2.40 bits per heavy atom. The minimum atomic E-state index is -0.856. The van der Waals surface area contributed by atoms with E-state index in [4.69, 9.17) is 15.9 Å². The zero-order chi connectivity index (χ0) is 11.8. The molecule has 5 nitrogen and oxygen atoms in total. The van der Waals surface area contributed by atoms with Gasteiger partial charge in [-0.15, -0.1) is 0 Å². The van der Waals surface area contributed by atoms with Gasteiger partial charge in [-0.05, 0) is 14.0 Å². The molecular formula is C8H18N2O3S2. The molecule has 3 atom stereocenters.